The molecular weight excluding hydrogens is 272 g/mol. The fraction of sp³-hybridized carbons (Fsp3) is 1.00. The third-order valence-electron chi connectivity index (χ3n) is 1.05. The molecule has 1 N–H and O–H groups in total. The van der Waals surface area contributed by atoms with E-state index in [-0.39, 0.29) is 29.6 Å². The predicted molar refractivity (Wildman–Crippen MR) is 33.3 cm³/mol. The van der Waals surface area contributed by atoms with Gasteiger partial charge in [0.15, 0.2) is 0 Å². The Morgan fingerprint density at radius 3 is 1.20 bits per heavy atom. The van der Waals surface area contributed by atoms with Gasteiger partial charge in [-0.25, -0.2) is 0 Å². The van der Waals surface area contributed by atoms with Crippen molar-refractivity contribution in [3.63, 3.8) is 0 Å². The Bertz CT molecular complexity index is 319. The average molecular weight is 273 g/mol. The van der Waals surface area contributed by atoms with Gasteiger partial charge in [-0.15, -0.1) is 0 Å². The van der Waals surface area contributed by atoms with Crippen LogP contribution in [0.4, 0.5) is 30.7 Å². The largest absolute Gasteiger partial charge is 0.461 e. The van der Waals surface area contributed by atoms with Crippen molar-refractivity contribution in [3.05, 3.63) is 0 Å². The molecule has 0 aliphatic carbocycles. The molecule has 0 heterocycles. The summed E-state index contributed by atoms with van der Waals surface area (Å²) in [7, 11) is -6.85. The van der Waals surface area contributed by atoms with Crippen LogP contribution in [0, 0.1) is 0 Å². The Labute approximate surface area is 101 Å². The second-order valence-corrected chi connectivity index (χ2v) is 3.53. The van der Waals surface area contributed by atoms with Crippen LogP contribution in [0.25, 0.3) is 0 Å². The number of halogens is 7. The van der Waals surface area contributed by atoms with E-state index in [1.165, 1.54) is 0 Å². The van der Waals surface area contributed by atoms with Gasteiger partial charge < -0.3 is 0 Å². The molecule has 0 aliphatic rings. The molecule has 0 rings (SSSR count). The van der Waals surface area contributed by atoms with Crippen molar-refractivity contribution in [2.75, 3.05) is 0 Å². The van der Waals surface area contributed by atoms with Crippen LogP contribution in [0.3, 0.4) is 0 Å². The molecule has 0 atom stereocenters. The van der Waals surface area contributed by atoms with E-state index < -0.39 is 27.5 Å². The molecule has 0 aromatic carbocycles. The standard InChI is InChI=1S/C3HF7O3S.Na/c4-1(5,2(6,7)8)3(9,10)14(11,12)13;/h(H,11,12,13);. The van der Waals surface area contributed by atoms with E-state index in [0.29, 0.717) is 0 Å². The van der Waals surface area contributed by atoms with Gasteiger partial charge in [0.05, 0.1) is 0 Å². The van der Waals surface area contributed by atoms with E-state index in [0.717, 1.165) is 0 Å². The minimum absolute atomic E-state index is 0. The number of rotatable bonds is 2. The van der Waals surface area contributed by atoms with Crippen molar-refractivity contribution in [3.8, 4) is 0 Å². The van der Waals surface area contributed by atoms with Crippen LogP contribution < -0.4 is 0 Å². The van der Waals surface area contributed by atoms with Gasteiger partial charge in [0.1, 0.15) is 0 Å². The van der Waals surface area contributed by atoms with Crippen LogP contribution in [0.2, 0.25) is 0 Å². The van der Waals surface area contributed by atoms with E-state index in [4.69, 9.17) is 4.55 Å². The molecule has 0 aromatic heterocycles. The first-order valence-electron chi connectivity index (χ1n) is 2.54. The summed E-state index contributed by atoms with van der Waals surface area (Å²) in [6.45, 7) is 0. The molecule has 15 heavy (non-hydrogen) atoms. The van der Waals surface area contributed by atoms with E-state index in [9.17, 15) is 39.2 Å². The summed E-state index contributed by atoms with van der Waals surface area (Å²) in [5.74, 6) is -6.85. The first kappa shape index (κ1) is 17.8. The Kier molecular flexibility index (Phi) is 5.17. The summed E-state index contributed by atoms with van der Waals surface area (Å²) in [5.41, 5.74) is 0. The van der Waals surface area contributed by atoms with Crippen molar-refractivity contribution >= 4 is 39.7 Å². The Morgan fingerprint density at radius 1 is 0.867 bits per heavy atom. The molecule has 0 bridgehead atoms. The van der Waals surface area contributed by atoms with Crippen molar-refractivity contribution in [2.45, 2.75) is 17.4 Å². The Hall–Kier alpha value is 0.420. The van der Waals surface area contributed by atoms with Gasteiger partial charge >= 0.3 is 27.5 Å². The Morgan fingerprint density at radius 2 is 1.13 bits per heavy atom. The maximum atomic E-state index is 11.9. The van der Waals surface area contributed by atoms with E-state index >= 15 is 0 Å². The van der Waals surface area contributed by atoms with Crippen molar-refractivity contribution in [2.24, 2.45) is 0 Å². The van der Waals surface area contributed by atoms with Crippen LogP contribution in [-0.4, -0.2) is 59.9 Å². The third kappa shape index (κ3) is 2.96. The third-order valence-corrected chi connectivity index (χ3v) is 1.95. The monoisotopic (exact) mass is 273 g/mol. The fourth-order valence-corrected chi connectivity index (χ4v) is 0.767. The molecule has 87 valence electrons. The fourth-order valence-electron chi connectivity index (χ4n) is 0.327. The molecule has 1 radical (unpaired) electrons. The first-order chi connectivity index (χ1) is 5.75. The van der Waals surface area contributed by atoms with Crippen LogP contribution >= 0.6 is 0 Å². The first-order valence-corrected chi connectivity index (χ1v) is 3.98. The van der Waals surface area contributed by atoms with E-state index in [1.54, 1.807) is 0 Å². The maximum Gasteiger partial charge on any atom is 0.461 e. The quantitative estimate of drug-likeness (QED) is 0.468. The minimum Gasteiger partial charge on any atom is -0.281 e. The normalized spacial score (nSPS) is 14.7. The maximum absolute atomic E-state index is 11.9. The SMILES string of the molecule is O=S(=O)(O)C(F)(F)C(F)(F)C(F)(F)F.[Na]. The van der Waals surface area contributed by atoms with Gasteiger partial charge in [0.2, 0.25) is 0 Å². The van der Waals surface area contributed by atoms with Crippen molar-refractivity contribution in [1.29, 1.82) is 0 Å². The summed E-state index contributed by atoms with van der Waals surface area (Å²) in [4.78, 5) is 0. The molecule has 0 unspecified atom stereocenters. The van der Waals surface area contributed by atoms with Crippen molar-refractivity contribution in [1.82, 2.24) is 0 Å². The minimum atomic E-state index is -6.85. The molecule has 3 nitrogen and oxygen atoms in total. The second kappa shape index (κ2) is 4.35. The number of alkyl halides is 7. The van der Waals surface area contributed by atoms with Gasteiger partial charge in [-0.2, -0.15) is 39.2 Å². The molecule has 0 aliphatic heterocycles. The van der Waals surface area contributed by atoms with Gasteiger partial charge in [-0.05, 0) is 0 Å². The van der Waals surface area contributed by atoms with Gasteiger partial charge in [0.25, 0.3) is 0 Å². The van der Waals surface area contributed by atoms with E-state index in [2.05, 4.69) is 0 Å². The predicted octanol–water partition coefficient (Wildman–Crippen LogP) is 1.28. The molecule has 0 fully saturated rings. The molecule has 0 aromatic rings. The molecule has 0 amide bonds. The van der Waals surface area contributed by atoms with Crippen LogP contribution in [0.15, 0.2) is 0 Å². The van der Waals surface area contributed by atoms with Crippen molar-refractivity contribution < 1.29 is 43.7 Å². The Balaban J connectivity index is 0. The summed E-state index contributed by atoms with van der Waals surface area (Å²) >= 11 is 0. The zero-order valence-corrected chi connectivity index (χ0v) is 9.63. The topological polar surface area (TPSA) is 54.4 Å². The molecule has 0 saturated carbocycles. The van der Waals surface area contributed by atoms with Gasteiger partial charge in [-0.1, -0.05) is 0 Å². The molecular formula is C3HF7NaO3S. The second-order valence-electron chi connectivity index (χ2n) is 2.06. The van der Waals surface area contributed by atoms with Crippen LogP contribution in [0.5, 0.6) is 0 Å². The van der Waals surface area contributed by atoms with Crippen LogP contribution in [0.1, 0.15) is 0 Å². The zero-order chi connectivity index (χ0) is 12.0. The molecule has 12 heteroatoms. The van der Waals surface area contributed by atoms with E-state index in [1.807, 2.05) is 0 Å². The van der Waals surface area contributed by atoms with Crippen LogP contribution in [-0.2, 0) is 10.1 Å². The zero-order valence-electron chi connectivity index (χ0n) is 6.82. The summed E-state index contributed by atoms with van der Waals surface area (Å²) in [5, 5.41) is -6.61. The smallest absolute Gasteiger partial charge is 0.281 e. The number of hydrogen-bond donors (Lipinski definition) is 1. The summed E-state index contributed by atoms with van der Waals surface area (Å²) in [6, 6.07) is 0. The molecule has 0 saturated heterocycles. The van der Waals surface area contributed by atoms with Gasteiger partial charge in [0, 0.05) is 29.6 Å². The number of hydrogen-bond acceptors (Lipinski definition) is 2. The molecule has 0 spiro atoms. The average Bonchev–Trinajstić information content (AvgIpc) is 1.81. The summed E-state index contributed by atoms with van der Waals surface area (Å²) in [6.07, 6.45) is -6.79. The summed E-state index contributed by atoms with van der Waals surface area (Å²) < 4.78 is 108. The van der Waals surface area contributed by atoms with Gasteiger partial charge in [-0.3, -0.25) is 4.55 Å².